The number of anilines is 1. The number of benzene rings is 2. The van der Waals surface area contributed by atoms with Gasteiger partial charge in [0, 0.05) is 29.9 Å². The van der Waals surface area contributed by atoms with Gasteiger partial charge in [-0.15, -0.1) is 0 Å². The number of nitrogens with one attached hydrogen (secondary N) is 1. The first-order valence-corrected chi connectivity index (χ1v) is 10.3. The lowest BCUT2D eigenvalue weighted by Gasteiger charge is -2.15. The summed E-state index contributed by atoms with van der Waals surface area (Å²) in [6.45, 7) is 8.11. The third-order valence-corrected chi connectivity index (χ3v) is 5.47. The van der Waals surface area contributed by atoms with Gasteiger partial charge in [-0.1, -0.05) is 30.8 Å². The summed E-state index contributed by atoms with van der Waals surface area (Å²) in [5.74, 6) is -2.62. The number of halogens is 3. The second kappa shape index (κ2) is 9.35. The van der Waals surface area contributed by atoms with Gasteiger partial charge in [0.2, 0.25) is 0 Å². The summed E-state index contributed by atoms with van der Waals surface area (Å²) in [5.41, 5.74) is 4.33. The minimum Gasteiger partial charge on any atom is -0.387 e. The molecule has 0 saturated heterocycles. The quantitative estimate of drug-likeness (QED) is 0.182. The largest absolute Gasteiger partial charge is 0.387 e. The number of ketones is 1. The maximum atomic E-state index is 14.0. The molecule has 1 aromatic heterocycles. The van der Waals surface area contributed by atoms with E-state index in [1.54, 1.807) is 31.3 Å². The lowest BCUT2D eigenvalue weighted by atomic mass is 9.90. The smallest absolute Gasteiger partial charge is 0.195 e. The van der Waals surface area contributed by atoms with Gasteiger partial charge < -0.3 is 5.32 Å². The van der Waals surface area contributed by atoms with Crippen molar-refractivity contribution in [3.63, 3.8) is 0 Å². The van der Waals surface area contributed by atoms with Gasteiger partial charge in [-0.2, -0.15) is 0 Å². The molecule has 0 amide bonds. The first-order chi connectivity index (χ1) is 14.7. The standard InChI is InChI=1S/C25H21BrF2N2O/c1-14-8-9-17(10-15(14)2)16(3)19(11-18-6-5-7-24(26)30-18)25(31)20-12-21(27)22(28)13-23(20)29-4/h5-13,29H,3H2,1-2,4H3/b19-11-. The molecule has 0 aliphatic rings. The Hall–Kier alpha value is -3.12. The average Bonchev–Trinajstić information content (AvgIpc) is 2.74. The number of hydrogen-bond donors (Lipinski definition) is 1. The van der Waals surface area contributed by atoms with E-state index in [9.17, 15) is 13.6 Å². The normalized spacial score (nSPS) is 11.4. The molecule has 6 heteroatoms. The third kappa shape index (κ3) is 4.97. The number of hydrogen-bond acceptors (Lipinski definition) is 3. The van der Waals surface area contributed by atoms with Gasteiger partial charge in [0.15, 0.2) is 17.4 Å². The zero-order chi connectivity index (χ0) is 22.7. The van der Waals surface area contributed by atoms with Crippen molar-refractivity contribution in [2.24, 2.45) is 0 Å². The van der Waals surface area contributed by atoms with Crippen LogP contribution in [0, 0.1) is 25.5 Å². The predicted molar refractivity (Wildman–Crippen MR) is 125 cm³/mol. The SMILES string of the molecule is C=C(/C(=C/c1cccc(Br)n1)C(=O)c1cc(F)c(F)cc1NC)c1ccc(C)c(C)c1. The number of rotatable bonds is 6. The molecular formula is C25H21BrF2N2O. The van der Waals surface area contributed by atoms with Crippen LogP contribution in [-0.2, 0) is 0 Å². The van der Waals surface area contributed by atoms with Crippen LogP contribution in [0.5, 0.6) is 0 Å². The molecule has 3 aromatic rings. The van der Waals surface area contributed by atoms with E-state index in [4.69, 9.17) is 0 Å². The van der Waals surface area contributed by atoms with E-state index >= 15 is 0 Å². The third-order valence-electron chi connectivity index (χ3n) is 5.03. The predicted octanol–water partition coefficient (Wildman–Crippen LogP) is 6.76. The molecule has 0 bridgehead atoms. The van der Waals surface area contributed by atoms with Crippen molar-refractivity contribution < 1.29 is 13.6 Å². The maximum Gasteiger partial charge on any atom is 0.195 e. The topological polar surface area (TPSA) is 42.0 Å². The van der Waals surface area contributed by atoms with E-state index in [1.807, 2.05) is 32.0 Å². The summed E-state index contributed by atoms with van der Waals surface area (Å²) < 4.78 is 28.3. The Balaban J connectivity index is 2.19. The highest BCUT2D eigenvalue weighted by molar-refractivity contribution is 9.10. The van der Waals surface area contributed by atoms with Gasteiger partial charge in [0.1, 0.15) is 4.60 Å². The molecule has 3 rings (SSSR count). The lowest BCUT2D eigenvalue weighted by molar-refractivity contribution is 0.104. The average molecular weight is 483 g/mol. The Morgan fingerprint density at radius 3 is 2.42 bits per heavy atom. The Morgan fingerprint density at radius 1 is 1.06 bits per heavy atom. The van der Waals surface area contributed by atoms with Crippen LogP contribution < -0.4 is 5.32 Å². The van der Waals surface area contributed by atoms with Crippen LogP contribution in [-0.4, -0.2) is 17.8 Å². The minimum atomic E-state index is -1.10. The Labute approximate surface area is 188 Å². The Kier molecular flexibility index (Phi) is 6.81. The van der Waals surface area contributed by atoms with Crippen LogP contribution in [0.3, 0.4) is 0 Å². The fraction of sp³-hybridized carbons (Fsp3) is 0.120. The minimum absolute atomic E-state index is 0.00707. The molecule has 0 unspecified atom stereocenters. The van der Waals surface area contributed by atoms with Crippen LogP contribution in [0.1, 0.15) is 32.7 Å². The number of aromatic nitrogens is 1. The van der Waals surface area contributed by atoms with E-state index < -0.39 is 17.4 Å². The number of carbonyl (C=O) groups excluding carboxylic acids is 1. The van der Waals surface area contributed by atoms with Crippen molar-refractivity contribution in [3.8, 4) is 0 Å². The molecule has 0 radical (unpaired) electrons. The molecule has 0 fully saturated rings. The number of carbonyl (C=O) groups is 1. The van der Waals surface area contributed by atoms with Gasteiger partial charge in [-0.05, 0) is 76.3 Å². The van der Waals surface area contributed by atoms with Crippen molar-refractivity contribution in [1.29, 1.82) is 0 Å². The molecule has 2 aromatic carbocycles. The fourth-order valence-electron chi connectivity index (χ4n) is 3.11. The van der Waals surface area contributed by atoms with Crippen molar-refractivity contribution in [2.45, 2.75) is 13.8 Å². The van der Waals surface area contributed by atoms with Crippen LogP contribution in [0.2, 0.25) is 0 Å². The second-order valence-corrected chi connectivity index (χ2v) is 7.92. The van der Waals surface area contributed by atoms with Gasteiger partial charge in [0.25, 0.3) is 0 Å². The van der Waals surface area contributed by atoms with E-state index in [1.165, 1.54) is 0 Å². The van der Waals surface area contributed by atoms with Crippen LogP contribution in [0.15, 0.2) is 65.3 Å². The summed E-state index contributed by atoms with van der Waals surface area (Å²) in [5, 5.41) is 2.76. The number of aryl methyl sites for hydroxylation is 2. The molecule has 31 heavy (non-hydrogen) atoms. The highest BCUT2D eigenvalue weighted by Crippen LogP contribution is 2.31. The van der Waals surface area contributed by atoms with Crippen molar-refractivity contribution in [2.75, 3.05) is 12.4 Å². The van der Waals surface area contributed by atoms with Gasteiger partial charge >= 0.3 is 0 Å². The highest BCUT2D eigenvalue weighted by Gasteiger charge is 2.22. The molecule has 0 aliphatic carbocycles. The summed E-state index contributed by atoms with van der Waals surface area (Å²) in [7, 11) is 1.54. The monoisotopic (exact) mass is 482 g/mol. The van der Waals surface area contributed by atoms with E-state index in [-0.39, 0.29) is 16.8 Å². The summed E-state index contributed by atoms with van der Waals surface area (Å²) in [4.78, 5) is 17.9. The summed E-state index contributed by atoms with van der Waals surface area (Å²) in [6.07, 6.45) is 1.60. The number of pyridine rings is 1. The van der Waals surface area contributed by atoms with Crippen LogP contribution >= 0.6 is 15.9 Å². The molecule has 1 N–H and O–H groups in total. The van der Waals surface area contributed by atoms with Crippen molar-refractivity contribution in [3.05, 3.63) is 105 Å². The van der Waals surface area contributed by atoms with Crippen molar-refractivity contribution in [1.82, 2.24) is 4.98 Å². The molecule has 0 spiro atoms. The number of Topliss-reactive ketones (excluding diaryl/α,β-unsaturated/α-hetero) is 1. The molecule has 3 nitrogen and oxygen atoms in total. The zero-order valence-electron chi connectivity index (χ0n) is 17.4. The number of allylic oxidation sites excluding steroid dienone is 2. The van der Waals surface area contributed by atoms with Crippen LogP contribution in [0.25, 0.3) is 11.6 Å². The summed E-state index contributed by atoms with van der Waals surface area (Å²) in [6, 6.07) is 12.9. The summed E-state index contributed by atoms with van der Waals surface area (Å²) >= 11 is 3.32. The van der Waals surface area contributed by atoms with E-state index in [2.05, 4.69) is 32.8 Å². The van der Waals surface area contributed by atoms with Gasteiger partial charge in [-0.3, -0.25) is 4.79 Å². The highest BCUT2D eigenvalue weighted by atomic mass is 79.9. The molecule has 0 saturated carbocycles. The number of nitrogens with zero attached hydrogens (tertiary/aromatic N) is 1. The molecule has 0 aliphatic heterocycles. The Morgan fingerprint density at radius 2 is 1.77 bits per heavy atom. The molecule has 0 atom stereocenters. The van der Waals surface area contributed by atoms with E-state index in [0.29, 0.717) is 15.9 Å². The van der Waals surface area contributed by atoms with E-state index in [0.717, 1.165) is 28.8 Å². The maximum absolute atomic E-state index is 14.0. The van der Waals surface area contributed by atoms with Crippen LogP contribution in [0.4, 0.5) is 14.5 Å². The molecule has 158 valence electrons. The lowest BCUT2D eigenvalue weighted by Crippen LogP contribution is -2.10. The second-order valence-electron chi connectivity index (χ2n) is 7.11. The Bertz CT molecular complexity index is 1220. The fourth-order valence-corrected chi connectivity index (χ4v) is 3.47. The molecule has 1 heterocycles. The van der Waals surface area contributed by atoms with Gasteiger partial charge in [0.05, 0.1) is 5.69 Å². The first kappa shape index (κ1) is 22.6. The zero-order valence-corrected chi connectivity index (χ0v) is 19.0. The van der Waals surface area contributed by atoms with Crippen molar-refractivity contribution >= 4 is 39.0 Å². The van der Waals surface area contributed by atoms with Gasteiger partial charge in [-0.25, -0.2) is 13.8 Å². The molecular weight excluding hydrogens is 462 g/mol. The first-order valence-electron chi connectivity index (χ1n) is 9.54.